The van der Waals surface area contributed by atoms with Gasteiger partial charge in [-0.15, -0.1) is 0 Å². The molecule has 0 spiro atoms. The second-order valence-corrected chi connectivity index (χ2v) is 8.11. The van der Waals surface area contributed by atoms with Crippen molar-refractivity contribution in [3.05, 3.63) is 64.7 Å². The third kappa shape index (κ3) is 4.70. The summed E-state index contributed by atoms with van der Waals surface area (Å²) in [5, 5.41) is 0. The van der Waals surface area contributed by atoms with Crippen LogP contribution in [0.15, 0.2) is 42.5 Å². The number of aryl methyl sites for hydroxylation is 2. The van der Waals surface area contributed by atoms with Crippen molar-refractivity contribution in [1.29, 1.82) is 0 Å². The van der Waals surface area contributed by atoms with E-state index in [0.29, 0.717) is 16.8 Å². The second-order valence-electron chi connectivity index (χ2n) is 6.10. The Morgan fingerprint density at radius 1 is 1.04 bits per heavy atom. The van der Waals surface area contributed by atoms with E-state index in [1.165, 1.54) is 31.3 Å². The summed E-state index contributed by atoms with van der Waals surface area (Å²) in [6.45, 7) is 3.35. The molecule has 0 unspecified atom stereocenters. The van der Waals surface area contributed by atoms with Gasteiger partial charge in [0.25, 0.3) is 0 Å². The van der Waals surface area contributed by atoms with E-state index in [9.17, 15) is 18.0 Å². The molecule has 0 amide bonds. The molecule has 0 atom stereocenters. The largest absolute Gasteiger partial charge is 0.454 e. The molecule has 0 aliphatic rings. The fourth-order valence-corrected chi connectivity index (χ4v) is 2.89. The Morgan fingerprint density at radius 2 is 1.65 bits per heavy atom. The van der Waals surface area contributed by atoms with Crippen molar-refractivity contribution in [3.63, 3.8) is 0 Å². The van der Waals surface area contributed by atoms with Crippen LogP contribution in [0.25, 0.3) is 0 Å². The smallest absolute Gasteiger partial charge is 0.338 e. The zero-order valence-electron chi connectivity index (χ0n) is 15.1. The van der Waals surface area contributed by atoms with Crippen molar-refractivity contribution in [2.24, 2.45) is 0 Å². The number of benzene rings is 2. The topological polar surface area (TPSA) is 80.8 Å². The molecular weight excluding hydrogens is 354 g/mol. The molecule has 2 aromatic rings. The van der Waals surface area contributed by atoms with Crippen molar-refractivity contribution in [1.82, 2.24) is 0 Å². The molecule has 0 aliphatic carbocycles. The molecule has 2 aromatic carbocycles. The van der Waals surface area contributed by atoms with E-state index < -0.39 is 16.0 Å². The quantitative estimate of drug-likeness (QED) is 0.573. The first-order chi connectivity index (χ1) is 12.1. The minimum absolute atomic E-state index is 0.337. The first-order valence-corrected chi connectivity index (χ1v) is 9.76. The average molecular weight is 375 g/mol. The van der Waals surface area contributed by atoms with Crippen LogP contribution in [0.5, 0.6) is 0 Å². The average Bonchev–Trinajstić information content (AvgIpc) is 2.58. The van der Waals surface area contributed by atoms with Gasteiger partial charge in [-0.2, -0.15) is 0 Å². The van der Waals surface area contributed by atoms with E-state index in [4.69, 9.17) is 4.74 Å². The van der Waals surface area contributed by atoms with E-state index >= 15 is 0 Å². The zero-order valence-corrected chi connectivity index (χ0v) is 16.0. The number of carbonyl (C=O) groups excluding carboxylic acids is 2. The lowest BCUT2D eigenvalue weighted by Gasteiger charge is -2.16. The van der Waals surface area contributed by atoms with Crippen molar-refractivity contribution in [2.45, 2.75) is 13.8 Å². The maximum absolute atomic E-state index is 12.2. The molecule has 0 bridgehead atoms. The van der Waals surface area contributed by atoms with Crippen molar-refractivity contribution in [2.75, 3.05) is 24.2 Å². The molecule has 138 valence electrons. The van der Waals surface area contributed by atoms with E-state index in [-0.39, 0.29) is 12.4 Å². The van der Waals surface area contributed by atoms with Gasteiger partial charge >= 0.3 is 5.97 Å². The molecule has 26 heavy (non-hydrogen) atoms. The molecule has 0 aliphatic heterocycles. The summed E-state index contributed by atoms with van der Waals surface area (Å²) in [6.07, 6.45) is 1.10. The van der Waals surface area contributed by atoms with Gasteiger partial charge in [-0.25, -0.2) is 13.2 Å². The van der Waals surface area contributed by atoms with Crippen LogP contribution in [0.2, 0.25) is 0 Å². The number of sulfonamides is 1. The fraction of sp³-hybridized carbons (Fsp3) is 0.263. The number of hydrogen-bond donors (Lipinski definition) is 0. The lowest BCUT2D eigenvalue weighted by molar-refractivity contribution is 0.0474. The number of esters is 1. The van der Waals surface area contributed by atoms with E-state index in [0.717, 1.165) is 21.7 Å². The normalized spacial score (nSPS) is 11.1. The number of hydrogen-bond acceptors (Lipinski definition) is 5. The lowest BCUT2D eigenvalue weighted by atomic mass is 10.1. The first-order valence-electron chi connectivity index (χ1n) is 7.91. The van der Waals surface area contributed by atoms with Gasteiger partial charge in [0.2, 0.25) is 10.0 Å². The third-order valence-electron chi connectivity index (χ3n) is 3.99. The number of rotatable bonds is 6. The molecule has 7 heteroatoms. The van der Waals surface area contributed by atoms with E-state index in [2.05, 4.69) is 0 Å². The molecule has 0 radical (unpaired) electrons. The summed E-state index contributed by atoms with van der Waals surface area (Å²) in [5.74, 6) is -0.916. The second kappa shape index (κ2) is 7.70. The predicted molar refractivity (Wildman–Crippen MR) is 100 cm³/mol. The summed E-state index contributed by atoms with van der Waals surface area (Å²) in [7, 11) is -1.94. The maximum Gasteiger partial charge on any atom is 0.338 e. The molecule has 0 fully saturated rings. The summed E-state index contributed by atoms with van der Waals surface area (Å²) in [4.78, 5) is 24.3. The minimum Gasteiger partial charge on any atom is -0.454 e. The Morgan fingerprint density at radius 3 is 2.19 bits per heavy atom. The summed E-state index contributed by atoms with van der Waals surface area (Å²) in [5.41, 5.74) is 3.03. The van der Waals surface area contributed by atoms with Crippen LogP contribution in [0.4, 0.5) is 5.69 Å². The highest BCUT2D eigenvalue weighted by Gasteiger charge is 2.15. The standard InChI is InChI=1S/C19H21NO5S/c1-13-5-10-17(14(2)11-13)19(22)25-12-18(21)15-6-8-16(9-7-15)20(3)26(4,23)24/h5-11H,12H2,1-4H3. The minimum atomic E-state index is -3.37. The highest BCUT2D eigenvalue weighted by molar-refractivity contribution is 7.92. The van der Waals surface area contributed by atoms with Crippen LogP contribution in [-0.4, -0.2) is 40.1 Å². The zero-order chi connectivity index (χ0) is 19.5. The molecule has 6 nitrogen and oxygen atoms in total. The van der Waals surface area contributed by atoms with Crippen LogP contribution in [0.1, 0.15) is 31.8 Å². The Kier molecular flexibility index (Phi) is 5.82. The Balaban J connectivity index is 2.03. The van der Waals surface area contributed by atoms with Gasteiger partial charge in [0.05, 0.1) is 17.5 Å². The number of nitrogens with zero attached hydrogens (tertiary/aromatic N) is 1. The van der Waals surface area contributed by atoms with Crippen LogP contribution in [0, 0.1) is 13.8 Å². The van der Waals surface area contributed by atoms with Crippen molar-refractivity contribution >= 4 is 27.5 Å². The Labute approximate surface area is 153 Å². The Bertz CT molecular complexity index is 933. The van der Waals surface area contributed by atoms with Crippen molar-refractivity contribution in [3.8, 4) is 0 Å². The Hall–Kier alpha value is -2.67. The van der Waals surface area contributed by atoms with Gasteiger partial charge in [0, 0.05) is 12.6 Å². The fourth-order valence-electron chi connectivity index (χ4n) is 2.38. The van der Waals surface area contributed by atoms with Crippen LogP contribution >= 0.6 is 0 Å². The van der Waals surface area contributed by atoms with Crippen LogP contribution in [0.3, 0.4) is 0 Å². The summed E-state index contributed by atoms with van der Waals surface area (Å²) < 4.78 is 29.2. The number of Topliss-reactive ketones (excluding diaryl/α,β-unsaturated/α-hetero) is 1. The third-order valence-corrected chi connectivity index (χ3v) is 5.19. The number of ether oxygens (including phenoxy) is 1. The molecule has 0 saturated carbocycles. The summed E-state index contributed by atoms with van der Waals surface area (Å²) >= 11 is 0. The monoisotopic (exact) mass is 375 g/mol. The molecule has 0 heterocycles. The number of anilines is 1. The van der Waals surface area contributed by atoms with E-state index in [1.807, 2.05) is 26.0 Å². The highest BCUT2D eigenvalue weighted by atomic mass is 32.2. The SMILES string of the molecule is Cc1ccc(C(=O)OCC(=O)c2ccc(N(C)S(C)(=O)=O)cc2)c(C)c1. The van der Waals surface area contributed by atoms with Gasteiger partial charge < -0.3 is 4.74 Å². The predicted octanol–water partition coefficient (Wildman–Crippen LogP) is 2.74. The van der Waals surface area contributed by atoms with Crippen LogP contribution in [-0.2, 0) is 14.8 Å². The van der Waals surface area contributed by atoms with Crippen molar-refractivity contribution < 1.29 is 22.7 Å². The molecule has 0 saturated heterocycles. The van der Waals surface area contributed by atoms with Gasteiger partial charge in [-0.05, 0) is 49.7 Å². The molecule has 0 N–H and O–H groups in total. The highest BCUT2D eigenvalue weighted by Crippen LogP contribution is 2.17. The molecule has 2 rings (SSSR count). The summed E-state index contributed by atoms with van der Waals surface area (Å²) in [6, 6.07) is 11.4. The lowest BCUT2D eigenvalue weighted by Crippen LogP contribution is -2.24. The van der Waals surface area contributed by atoms with Gasteiger partial charge in [-0.3, -0.25) is 9.10 Å². The molecule has 0 aromatic heterocycles. The number of carbonyl (C=O) groups is 2. The van der Waals surface area contributed by atoms with E-state index in [1.54, 1.807) is 6.07 Å². The number of ketones is 1. The van der Waals surface area contributed by atoms with Gasteiger partial charge in [-0.1, -0.05) is 17.7 Å². The van der Waals surface area contributed by atoms with Gasteiger partial charge in [0.15, 0.2) is 12.4 Å². The van der Waals surface area contributed by atoms with Crippen LogP contribution < -0.4 is 4.31 Å². The van der Waals surface area contributed by atoms with Gasteiger partial charge in [0.1, 0.15) is 0 Å². The maximum atomic E-state index is 12.2. The first kappa shape index (κ1) is 19.7. The molecular formula is C19H21NO5S.